The molecule has 1 fully saturated rings. The molecule has 32 heavy (non-hydrogen) atoms. The van der Waals surface area contributed by atoms with Gasteiger partial charge in [-0.1, -0.05) is 48.5 Å². The van der Waals surface area contributed by atoms with E-state index in [1.165, 1.54) is 0 Å². The number of ether oxygens (including phenoxy) is 2. The van der Waals surface area contributed by atoms with Gasteiger partial charge in [-0.05, 0) is 42.8 Å². The first-order valence-electron chi connectivity index (χ1n) is 10.4. The number of aromatic nitrogens is 1. The second-order valence-corrected chi connectivity index (χ2v) is 7.77. The van der Waals surface area contributed by atoms with E-state index >= 15 is 0 Å². The topological polar surface area (TPSA) is 69.0 Å². The quantitative estimate of drug-likeness (QED) is 0.373. The van der Waals surface area contributed by atoms with Crippen molar-refractivity contribution in [2.24, 2.45) is 0 Å². The minimum absolute atomic E-state index is 0.334. The lowest BCUT2D eigenvalue weighted by Crippen LogP contribution is -2.25. The molecule has 5 rings (SSSR count). The standard InChI is InChI=1S/C26H22N2O4/c1-26(31-15-16-32-26)19-10-12-20(13-11-19)27-25(30)24(29)23-22(18-7-3-2-4-8-18)17-21-9-5-6-14-28(21)23/h2-14,17H,15-16H2,1H3,(H,27,30). The van der Waals surface area contributed by atoms with Gasteiger partial charge in [0.2, 0.25) is 0 Å². The summed E-state index contributed by atoms with van der Waals surface area (Å²) in [6, 6.07) is 24.3. The molecule has 0 bridgehead atoms. The van der Waals surface area contributed by atoms with Crippen LogP contribution < -0.4 is 5.32 Å². The number of amides is 1. The lowest BCUT2D eigenvalue weighted by Gasteiger charge is -2.22. The Labute approximate surface area is 185 Å². The highest BCUT2D eigenvalue weighted by atomic mass is 16.7. The van der Waals surface area contributed by atoms with E-state index in [1.807, 2.05) is 73.7 Å². The first kappa shape index (κ1) is 20.2. The second kappa shape index (κ2) is 8.07. The number of ketones is 1. The van der Waals surface area contributed by atoms with Crippen molar-refractivity contribution in [3.8, 4) is 11.1 Å². The maximum atomic E-state index is 13.3. The number of hydrogen-bond acceptors (Lipinski definition) is 4. The number of anilines is 1. The van der Waals surface area contributed by atoms with Crippen LogP contribution in [-0.4, -0.2) is 29.3 Å². The number of hydrogen-bond donors (Lipinski definition) is 1. The van der Waals surface area contributed by atoms with Crippen LogP contribution in [0.1, 0.15) is 23.0 Å². The van der Waals surface area contributed by atoms with Crippen LogP contribution in [0.4, 0.5) is 5.69 Å². The van der Waals surface area contributed by atoms with Gasteiger partial charge >= 0.3 is 0 Å². The van der Waals surface area contributed by atoms with Gasteiger partial charge in [0.15, 0.2) is 5.79 Å². The number of pyridine rings is 1. The van der Waals surface area contributed by atoms with Crippen LogP contribution in [0.3, 0.4) is 0 Å². The Hall–Kier alpha value is -3.74. The van der Waals surface area contributed by atoms with Crippen molar-refractivity contribution >= 4 is 22.9 Å². The Kier molecular flexibility index (Phi) is 5.09. The van der Waals surface area contributed by atoms with E-state index in [0.29, 0.717) is 24.6 Å². The molecule has 0 saturated carbocycles. The number of nitrogens with one attached hydrogen (secondary N) is 1. The van der Waals surface area contributed by atoms with E-state index in [1.54, 1.807) is 22.7 Å². The summed E-state index contributed by atoms with van der Waals surface area (Å²) < 4.78 is 13.1. The van der Waals surface area contributed by atoms with E-state index in [0.717, 1.165) is 22.2 Å². The van der Waals surface area contributed by atoms with Crippen molar-refractivity contribution in [1.29, 1.82) is 0 Å². The third-order valence-corrected chi connectivity index (χ3v) is 5.69. The SMILES string of the molecule is CC1(c2ccc(NC(=O)C(=O)c3c(-c4ccccc4)cc4ccccn34)cc2)OCCO1. The molecule has 1 aliphatic heterocycles. The Bertz CT molecular complexity index is 1290. The van der Waals surface area contributed by atoms with E-state index in [2.05, 4.69) is 5.32 Å². The van der Waals surface area contributed by atoms with Gasteiger partial charge in [0.1, 0.15) is 5.69 Å². The summed E-state index contributed by atoms with van der Waals surface area (Å²) in [6.45, 7) is 2.94. The second-order valence-electron chi connectivity index (χ2n) is 7.77. The molecule has 2 aromatic carbocycles. The molecule has 6 heteroatoms. The van der Waals surface area contributed by atoms with E-state index in [9.17, 15) is 9.59 Å². The molecule has 0 unspecified atom stereocenters. The molecule has 0 aliphatic carbocycles. The van der Waals surface area contributed by atoms with Crippen molar-refractivity contribution in [3.05, 3.63) is 96.3 Å². The maximum Gasteiger partial charge on any atom is 0.298 e. The number of benzene rings is 2. The van der Waals surface area contributed by atoms with Crippen LogP contribution >= 0.6 is 0 Å². The van der Waals surface area contributed by atoms with Gasteiger partial charge < -0.3 is 19.2 Å². The predicted octanol–water partition coefficient (Wildman–Crippen LogP) is 4.65. The maximum absolute atomic E-state index is 13.3. The number of fused-ring (bicyclic) bond motifs is 1. The van der Waals surface area contributed by atoms with E-state index in [4.69, 9.17) is 9.47 Å². The van der Waals surface area contributed by atoms with Crippen LogP contribution in [-0.2, 0) is 20.1 Å². The molecule has 4 aromatic rings. The van der Waals surface area contributed by atoms with E-state index < -0.39 is 17.5 Å². The first-order valence-corrected chi connectivity index (χ1v) is 10.4. The zero-order chi connectivity index (χ0) is 22.1. The van der Waals surface area contributed by atoms with Crippen molar-refractivity contribution in [2.75, 3.05) is 18.5 Å². The molecule has 0 spiro atoms. The third kappa shape index (κ3) is 3.60. The van der Waals surface area contributed by atoms with Crippen molar-refractivity contribution in [3.63, 3.8) is 0 Å². The molecule has 1 amide bonds. The molecule has 1 N–H and O–H groups in total. The van der Waals surface area contributed by atoms with Crippen LogP contribution in [0.25, 0.3) is 16.6 Å². The lowest BCUT2D eigenvalue weighted by atomic mass is 10.0. The van der Waals surface area contributed by atoms with Crippen molar-refractivity contribution < 1.29 is 19.1 Å². The minimum atomic E-state index is -0.784. The summed E-state index contributed by atoms with van der Waals surface area (Å²) in [4.78, 5) is 26.2. The fourth-order valence-electron chi connectivity index (χ4n) is 4.03. The molecule has 6 nitrogen and oxygen atoms in total. The molecule has 0 atom stereocenters. The highest BCUT2D eigenvalue weighted by Crippen LogP contribution is 2.32. The fraction of sp³-hybridized carbons (Fsp3) is 0.154. The van der Waals surface area contributed by atoms with E-state index in [-0.39, 0.29) is 0 Å². The Morgan fingerprint density at radius 3 is 2.31 bits per heavy atom. The number of carbonyl (C=O) groups is 2. The summed E-state index contributed by atoms with van der Waals surface area (Å²) in [7, 11) is 0. The molecule has 1 saturated heterocycles. The van der Waals surface area contributed by atoms with Gasteiger partial charge in [0.05, 0.1) is 13.2 Å². The molecular formula is C26H22N2O4. The van der Waals surface area contributed by atoms with Crippen LogP contribution in [0.5, 0.6) is 0 Å². The smallest absolute Gasteiger partial charge is 0.298 e. The van der Waals surface area contributed by atoms with Gasteiger partial charge in [-0.3, -0.25) is 9.59 Å². The largest absolute Gasteiger partial charge is 0.344 e. The Balaban J connectivity index is 1.44. The van der Waals surface area contributed by atoms with Gasteiger partial charge in [-0.15, -0.1) is 0 Å². The first-order chi connectivity index (χ1) is 15.5. The number of rotatable bonds is 5. The molecule has 3 heterocycles. The number of carbonyl (C=O) groups excluding carboxylic acids is 2. The molecule has 160 valence electrons. The van der Waals surface area contributed by atoms with Gasteiger partial charge in [-0.25, -0.2) is 0 Å². The molecule has 2 aromatic heterocycles. The van der Waals surface area contributed by atoms with Crippen molar-refractivity contribution in [1.82, 2.24) is 4.40 Å². The lowest BCUT2D eigenvalue weighted by molar-refractivity contribution is -0.149. The van der Waals surface area contributed by atoms with Crippen LogP contribution in [0.2, 0.25) is 0 Å². The average Bonchev–Trinajstić information content (AvgIpc) is 3.44. The highest BCUT2D eigenvalue weighted by Gasteiger charge is 2.33. The van der Waals surface area contributed by atoms with Gasteiger partial charge in [0.25, 0.3) is 11.7 Å². The highest BCUT2D eigenvalue weighted by molar-refractivity contribution is 6.47. The number of nitrogens with zero attached hydrogens (tertiary/aromatic N) is 1. The summed E-state index contributed by atoms with van der Waals surface area (Å²) in [5.74, 6) is -2.08. The zero-order valence-corrected chi connectivity index (χ0v) is 17.6. The Morgan fingerprint density at radius 2 is 1.59 bits per heavy atom. The number of Topliss-reactive ketones (excluding diaryl/α,β-unsaturated/α-hetero) is 1. The fourth-order valence-corrected chi connectivity index (χ4v) is 4.03. The summed E-state index contributed by atoms with van der Waals surface area (Å²) in [5, 5.41) is 2.72. The van der Waals surface area contributed by atoms with Gasteiger partial charge in [0, 0.05) is 28.5 Å². The summed E-state index contributed by atoms with van der Waals surface area (Å²) >= 11 is 0. The summed E-state index contributed by atoms with van der Waals surface area (Å²) in [6.07, 6.45) is 1.79. The molecule has 0 radical (unpaired) electrons. The van der Waals surface area contributed by atoms with Gasteiger partial charge in [-0.2, -0.15) is 0 Å². The van der Waals surface area contributed by atoms with Crippen LogP contribution in [0, 0.1) is 0 Å². The summed E-state index contributed by atoms with van der Waals surface area (Å²) in [5.41, 5.74) is 4.15. The molecule has 1 aliphatic rings. The third-order valence-electron chi connectivity index (χ3n) is 5.69. The monoisotopic (exact) mass is 426 g/mol. The Morgan fingerprint density at radius 1 is 0.906 bits per heavy atom. The minimum Gasteiger partial charge on any atom is -0.344 e. The average molecular weight is 426 g/mol. The molecular weight excluding hydrogens is 404 g/mol. The predicted molar refractivity (Wildman–Crippen MR) is 121 cm³/mol. The normalized spacial score (nSPS) is 15.0. The van der Waals surface area contributed by atoms with Crippen LogP contribution in [0.15, 0.2) is 85.1 Å². The van der Waals surface area contributed by atoms with Crippen molar-refractivity contribution in [2.45, 2.75) is 12.7 Å². The zero-order valence-electron chi connectivity index (χ0n) is 17.6.